The Morgan fingerprint density at radius 3 is 1.94 bits per heavy atom. The van der Waals surface area contributed by atoms with Gasteiger partial charge in [-0.1, -0.05) is 50.6 Å². The van der Waals surface area contributed by atoms with Gasteiger partial charge in [0.15, 0.2) is 0 Å². The first kappa shape index (κ1) is 29.5. The van der Waals surface area contributed by atoms with E-state index in [9.17, 15) is 34.2 Å². The highest BCUT2D eigenvalue weighted by molar-refractivity contribution is 5.95. The summed E-state index contributed by atoms with van der Waals surface area (Å²) in [5.41, 5.74) is 6.31. The van der Waals surface area contributed by atoms with E-state index in [1.807, 2.05) is 0 Å². The average Bonchev–Trinajstić information content (AvgIpc) is 2.80. The maximum Gasteiger partial charge on any atom is 0.326 e. The number of aliphatic hydroxyl groups excluding tert-OH is 1. The minimum absolute atomic E-state index is 0.0216. The Kier molecular flexibility index (Phi) is 11.8. The molecule has 0 aliphatic rings. The van der Waals surface area contributed by atoms with Crippen molar-refractivity contribution in [1.29, 1.82) is 0 Å². The lowest BCUT2D eigenvalue weighted by atomic mass is 9.96. The molecule has 0 aliphatic carbocycles. The molecule has 0 radical (unpaired) electrons. The fourth-order valence-corrected chi connectivity index (χ4v) is 3.14. The van der Waals surface area contributed by atoms with Crippen LogP contribution in [-0.4, -0.2) is 75.3 Å². The Balaban J connectivity index is 3.17. The van der Waals surface area contributed by atoms with E-state index in [4.69, 9.17) is 10.8 Å². The van der Waals surface area contributed by atoms with Crippen molar-refractivity contribution in [3.8, 4) is 0 Å². The van der Waals surface area contributed by atoms with E-state index in [0.29, 0.717) is 12.0 Å². The van der Waals surface area contributed by atoms with E-state index in [1.54, 1.807) is 44.2 Å². The molecule has 6 atom stereocenters. The molecule has 8 N–H and O–H groups in total. The number of aliphatic carboxylic acids is 2. The van der Waals surface area contributed by atoms with Crippen molar-refractivity contribution in [3.63, 3.8) is 0 Å². The molecule has 0 aliphatic heterocycles. The van der Waals surface area contributed by atoms with Gasteiger partial charge in [0, 0.05) is 6.42 Å². The topological polar surface area (TPSA) is 208 Å². The molecular weight excluding hydrogens is 460 g/mol. The lowest BCUT2D eigenvalue weighted by Gasteiger charge is -2.28. The molecule has 0 saturated carbocycles. The van der Waals surface area contributed by atoms with Crippen molar-refractivity contribution in [1.82, 2.24) is 16.0 Å². The van der Waals surface area contributed by atoms with Crippen LogP contribution in [0.15, 0.2) is 30.3 Å². The number of carboxylic acids is 2. The van der Waals surface area contributed by atoms with E-state index < -0.39 is 66.4 Å². The third-order valence-electron chi connectivity index (χ3n) is 5.52. The molecule has 0 saturated heterocycles. The Bertz CT molecular complexity index is 893. The Morgan fingerprint density at radius 1 is 0.886 bits per heavy atom. The Labute approximate surface area is 203 Å². The van der Waals surface area contributed by atoms with Crippen LogP contribution in [0.1, 0.15) is 39.2 Å². The van der Waals surface area contributed by atoms with E-state index >= 15 is 0 Å². The molecule has 0 heterocycles. The molecule has 12 heteroatoms. The summed E-state index contributed by atoms with van der Waals surface area (Å²) in [6.45, 7) is 4.83. The molecular formula is C23H34N4O8. The first-order chi connectivity index (χ1) is 16.4. The lowest BCUT2D eigenvalue weighted by molar-refractivity contribution is -0.147. The van der Waals surface area contributed by atoms with Gasteiger partial charge in [0.1, 0.15) is 24.2 Å². The number of hydrogen-bond acceptors (Lipinski definition) is 7. The summed E-state index contributed by atoms with van der Waals surface area (Å²) >= 11 is 0. The second-order valence-electron chi connectivity index (χ2n) is 8.39. The molecule has 1 aromatic carbocycles. The maximum atomic E-state index is 13.2. The highest BCUT2D eigenvalue weighted by Crippen LogP contribution is 2.11. The van der Waals surface area contributed by atoms with Gasteiger partial charge in [-0.25, -0.2) is 4.79 Å². The van der Waals surface area contributed by atoms with Crippen LogP contribution in [0.5, 0.6) is 0 Å². The number of nitrogens with one attached hydrogen (secondary N) is 3. The standard InChI is InChI=1S/C23H34N4O8/c1-4-12(2)19(27-21(32)18(24)13(3)28)22(33)25-15(10-14-8-6-5-7-9-14)20(31)26-16(23(34)35)11-17(29)30/h5-9,12-13,15-16,18-19,28H,4,10-11,24H2,1-3H3,(H,25,33)(H,26,31)(H,27,32)(H,29,30)(H,34,35). The number of carbonyl (C=O) groups is 5. The SMILES string of the molecule is CCC(C)C(NC(=O)C(N)C(C)O)C(=O)NC(Cc1ccccc1)C(=O)NC(CC(=O)O)C(=O)O. The summed E-state index contributed by atoms with van der Waals surface area (Å²) < 4.78 is 0. The molecule has 0 fully saturated rings. The third kappa shape index (κ3) is 9.71. The normalized spacial score (nSPS) is 16.0. The smallest absolute Gasteiger partial charge is 0.326 e. The monoisotopic (exact) mass is 494 g/mol. The number of amides is 3. The molecule has 0 bridgehead atoms. The number of hydrogen-bond donors (Lipinski definition) is 7. The second-order valence-corrected chi connectivity index (χ2v) is 8.39. The first-order valence-corrected chi connectivity index (χ1v) is 11.2. The number of nitrogens with two attached hydrogens (primary N) is 1. The number of benzene rings is 1. The van der Waals surface area contributed by atoms with Crippen LogP contribution in [-0.2, 0) is 30.4 Å². The molecule has 35 heavy (non-hydrogen) atoms. The predicted molar refractivity (Wildman–Crippen MR) is 125 cm³/mol. The largest absolute Gasteiger partial charge is 0.481 e. The fourth-order valence-electron chi connectivity index (χ4n) is 3.14. The summed E-state index contributed by atoms with van der Waals surface area (Å²) in [4.78, 5) is 60.9. The second kappa shape index (κ2) is 14.0. The zero-order chi connectivity index (χ0) is 26.7. The van der Waals surface area contributed by atoms with E-state index in [1.165, 1.54) is 6.92 Å². The molecule has 12 nitrogen and oxygen atoms in total. The van der Waals surface area contributed by atoms with Gasteiger partial charge < -0.3 is 37.0 Å². The minimum Gasteiger partial charge on any atom is -0.481 e. The van der Waals surface area contributed by atoms with Gasteiger partial charge in [-0.2, -0.15) is 0 Å². The number of carbonyl (C=O) groups excluding carboxylic acids is 3. The van der Waals surface area contributed by atoms with E-state index in [-0.39, 0.29) is 12.3 Å². The van der Waals surface area contributed by atoms with Crippen LogP contribution in [0.2, 0.25) is 0 Å². The van der Waals surface area contributed by atoms with Gasteiger partial charge in [-0.05, 0) is 18.4 Å². The average molecular weight is 495 g/mol. The highest BCUT2D eigenvalue weighted by Gasteiger charge is 2.33. The van der Waals surface area contributed by atoms with Crippen molar-refractivity contribution in [2.24, 2.45) is 11.7 Å². The molecule has 0 aromatic heterocycles. The predicted octanol–water partition coefficient (Wildman–Crippen LogP) is -1.00. The van der Waals surface area contributed by atoms with Crippen LogP contribution in [0.25, 0.3) is 0 Å². The lowest BCUT2D eigenvalue weighted by Crippen LogP contribution is -2.60. The van der Waals surface area contributed by atoms with Crippen molar-refractivity contribution < 1.29 is 39.3 Å². The Hall–Kier alpha value is -3.51. The zero-order valence-electron chi connectivity index (χ0n) is 19.9. The molecule has 1 rings (SSSR count). The summed E-state index contributed by atoms with van der Waals surface area (Å²) in [5.74, 6) is -5.70. The number of rotatable bonds is 14. The van der Waals surface area contributed by atoms with Crippen molar-refractivity contribution in [3.05, 3.63) is 35.9 Å². The van der Waals surface area contributed by atoms with Gasteiger partial charge in [-0.3, -0.25) is 19.2 Å². The van der Waals surface area contributed by atoms with Gasteiger partial charge in [0.2, 0.25) is 17.7 Å². The summed E-state index contributed by atoms with van der Waals surface area (Å²) in [5, 5.41) is 35.0. The molecule has 0 spiro atoms. The van der Waals surface area contributed by atoms with E-state index in [0.717, 1.165) is 0 Å². The van der Waals surface area contributed by atoms with Crippen molar-refractivity contribution in [2.75, 3.05) is 0 Å². The third-order valence-corrected chi connectivity index (χ3v) is 5.52. The minimum atomic E-state index is -1.70. The van der Waals surface area contributed by atoms with Gasteiger partial charge in [0.05, 0.1) is 12.5 Å². The van der Waals surface area contributed by atoms with Crippen LogP contribution >= 0.6 is 0 Å². The quantitative estimate of drug-likeness (QED) is 0.169. The molecule has 3 amide bonds. The van der Waals surface area contributed by atoms with Crippen molar-refractivity contribution in [2.45, 2.75) is 70.3 Å². The summed E-state index contributed by atoms with van der Waals surface area (Å²) in [7, 11) is 0. The van der Waals surface area contributed by atoms with Crippen LogP contribution < -0.4 is 21.7 Å². The van der Waals surface area contributed by atoms with Gasteiger partial charge in [0.25, 0.3) is 0 Å². The van der Waals surface area contributed by atoms with Gasteiger partial charge >= 0.3 is 11.9 Å². The Morgan fingerprint density at radius 2 is 1.46 bits per heavy atom. The van der Waals surface area contributed by atoms with Gasteiger partial charge in [-0.15, -0.1) is 0 Å². The summed E-state index contributed by atoms with van der Waals surface area (Å²) in [6, 6.07) is 3.25. The molecule has 6 unspecified atom stereocenters. The van der Waals surface area contributed by atoms with E-state index in [2.05, 4.69) is 16.0 Å². The first-order valence-electron chi connectivity index (χ1n) is 11.2. The number of carboxylic acid groups (broad SMARTS) is 2. The van der Waals surface area contributed by atoms with Crippen LogP contribution in [0, 0.1) is 5.92 Å². The molecule has 194 valence electrons. The van der Waals surface area contributed by atoms with Crippen molar-refractivity contribution >= 4 is 29.7 Å². The summed E-state index contributed by atoms with van der Waals surface area (Å²) in [6.07, 6.45) is -1.55. The number of aliphatic hydroxyl groups is 1. The zero-order valence-corrected chi connectivity index (χ0v) is 19.9. The highest BCUT2D eigenvalue weighted by atomic mass is 16.4. The fraction of sp³-hybridized carbons (Fsp3) is 0.522. The maximum absolute atomic E-state index is 13.2. The van der Waals surface area contributed by atoms with Crippen LogP contribution in [0.3, 0.4) is 0 Å². The van der Waals surface area contributed by atoms with Crippen LogP contribution in [0.4, 0.5) is 0 Å². The molecule has 1 aromatic rings.